The first-order chi connectivity index (χ1) is 22.1. The van der Waals surface area contributed by atoms with Crippen LogP contribution in [0.15, 0.2) is 109 Å². The van der Waals surface area contributed by atoms with Crippen LogP contribution >= 0.6 is 22.6 Å². The highest BCUT2D eigenvalue weighted by Crippen LogP contribution is 2.45. The number of rotatable bonds is 5. The fraction of sp³-hybridized carbons (Fsp3) is 0.289. The van der Waals surface area contributed by atoms with Gasteiger partial charge in [0.1, 0.15) is 14.8 Å². The summed E-state index contributed by atoms with van der Waals surface area (Å²) in [4.78, 5) is 30.4. The Bertz CT molecular complexity index is 1810. The molecule has 7 nitrogen and oxygen atoms in total. The Labute approximate surface area is 283 Å². The van der Waals surface area contributed by atoms with Crippen molar-refractivity contribution in [2.75, 3.05) is 24.5 Å². The van der Waals surface area contributed by atoms with E-state index in [9.17, 15) is 9.59 Å². The molecule has 2 fully saturated rings. The number of aromatic nitrogens is 2. The number of fused-ring (bicyclic) bond motifs is 1. The number of hydrogen-bond donors (Lipinski definition) is 0. The van der Waals surface area contributed by atoms with Gasteiger partial charge < -0.3 is 14.5 Å². The van der Waals surface area contributed by atoms with E-state index in [1.807, 2.05) is 49.9 Å². The van der Waals surface area contributed by atoms with Gasteiger partial charge in [-0.3, -0.25) is 4.79 Å². The third kappa shape index (κ3) is 5.07. The molecular weight excluding hydrogens is 687 g/mol. The number of carbonyl (C=O) groups excluding carboxylic acids is 2. The predicted octanol–water partition coefficient (Wildman–Crippen LogP) is 7.85. The number of nitrogens with zero attached hydrogens (tertiary/aromatic N) is 4. The lowest BCUT2D eigenvalue weighted by Crippen LogP contribution is -2.40. The minimum absolute atomic E-state index is 0.0764. The Morgan fingerprint density at radius 2 is 1.35 bits per heavy atom. The zero-order chi connectivity index (χ0) is 32.1. The van der Waals surface area contributed by atoms with Crippen molar-refractivity contribution in [3.05, 3.63) is 130 Å². The van der Waals surface area contributed by atoms with Crippen LogP contribution in [0.5, 0.6) is 0 Å². The maximum atomic E-state index is 14.0. The van der Waals surface area contributed by atoms with E-state index < -0.39 is 16.6 Å². The summed E-state index contributed by atoms with van der Waals surface area (Å²) in [6, 6.07) is 37.8. The minimum atomic E-state index is -0.741. The van der Waals surface area contributed by atoms with Gasteiger partial charge in [-0.2, -0.15) is 5.10 Å². The Hall–Kier alpha value is -4.18. The summed E-state index contributed by atoms with van der Waals surface area (Å²) in [7, 11) is 0. The molecule has 8 heteroatoms. The fourth-order valence-electron chi connectivity index (χ4n) is 7.20. The topological polar surface area (TPSA) is 67.7 Å². The summed E-state index contributed by atoms with van der Waals surface area (Å²) >= 11 is 2.32. The van der Waals surface area contributed by atoms with Gasteiger partial charge in [-0.05, 0) is 91.1 Å². The molecule has 5 aromatic rings. The zero-order valence-electron chi connectivity index (χ0n) is 26.3. The summed E-state index contributed by atoms with van der Waals surface area (Å²) in [5.74, 6) is 0.0764. The van der Waals surface area contributed by atoms with Gasteiger partial charge in [-0.25, -0.2) is 9.48 Å². The first-order valence-electron chi connectivity index (χ1n) is 15.8. The first kappa shape index (κ1) is 30.5. The second kappa shape index (κ2) is 11.6. The van der Waals surface area contributed by atoms with E-state index in [1.165, 1.54) is 0 Å². The molecule has 3 heterocycles. The lowest BCUT2D eigenvalue weighted by molar-refractivity contribution is -0.124. The SMILES string of the molecule is CC(C)(C)OC(=O)N1CCC2(CCN(c3ccc4c(c3)c(I)nn4C(c3ccccc3)(c3ccccc3)c3ccccc3)C2=O)C1. The summed E-state index contributed by atoms with van der Waals surface area (Å²) in [5.41, 5.74) is 3.24. The molecule has 46 heavy (non-hydrogen) atoms. The van der Waals surface area contributed by atoms with E-state index >= 15 is 0 Å². The molecule has 1 atom stereocenters. The highest BCUT2D eigenvalue weighted by molar-refractivity contribution is 14.1. The highest BCUT2D eigenvalue weighted by atomic mass is 127. The van der Waals surface area contributed by atoms with Crippen molar-refractivity contribution in [2.45, 2.75) is 44.8 Å². The van der Waals surface area contributed by atoms with E-state index in [0.717, 1.165) is 37.0 Å². The number of hydrogen-bond acceptors (Lipinski definition) is 4. The minimum Gasteiger partial charge on any atom is -0.444 e. The van der Waals surface area contributed by atoms with Gasteiger partial charge in [0.15, 0.2) is 0 Å². The lowest BCUT2D eigenvalue weighted by Gasteiger charge is -2.37. The Morgan fingerprint density at radius 3 is 1.89 bits per heavy atom. The third-order valence-corrected chi connectivity index (χ3v) is 10.1. The van der Waals surface area contributed by atoms with Crippen LogP contribution < -0.4 is 4.90 Å². The van der Waals surface area contributed by atoms with Crippen molar-refractivity contribution in [3.63, 3.8) is 0 Å². The van der Waals surface area contributed by atoms with Crippen molar-refractivity contribution in [3.8, 4) is 0 Å². The number of likely N-dealkylation sites (tertiary alicyclic amines) is 1. The Morgan fingerprint density at radius 1 is 0.804 bits per heavy atom. The summed E-state index contributed by atoms with van der Waals surface area (Å²) in [6.45, 7) is 7.12. The molecule has 0 saturated carbocycles. The lowest BCUT2D eigenvalue weighted by atomic mass is 9.77. The molecule has 0 radical (unpaired) electrons. The van der Waals surface area contributed by atoms with Crippen molar-refractivity contribution in [1.29, 1.82) is 0 Å². The van der Waals surface area contributed by atoms with E-state index in [4.69, 9.17) is 9.84 Å². The van der Waals surface area contributed by atoms with E-state index in [2.05, 4.69) is 112 Å². The van der Waals surface area contributed by atoms with Crippen molar-refractivity contribution in [2.24, 2.45) is 5.41 Å². The molecule has 2 saturated heterocycles. The smallest absolute Gasteiger partial charge is 0.410 e. The molecule has 0 bridgehead atoms. The summed E-state index contributed by atoms with van der Waals surface area (Å²) in [5, 5.41) is 6.24. The van der Waals surface area contributed by atoms with Crippen molar-refractivity contribution in [1.82, 2.24) is 14.7 Å². The average Bonchev–Trinajstić information content (AvgIpc) is 3.74. The molecule has 2 aliphatic rings. The number of carbonyl (C=O) groups is 2. The third-order valence-electron chi connectivity index (χ3n) is 9.34. The van der Waals surface area contributed by atoms with Crippen LogP contribution in [0.2, 0.25) is 0 Å². The number of benzene rings is 4. The van der Waals surface area contributed by atoms with Crippen LogP contribution in [-0.2, 0) is 15.1 Å². The maximum absolute atomic E-state index is 14.0. The normalized spacial score (nSPS) is 18.6. The molecule has 1 spiro atoms. The van der Waals surface area contributed by atoms with E-state index in [1.54, 1.807) is 4.90 Å². The molecule has 234 valence electrons. The number of ether oxygens (including phenoxy) is 1. The van der Waals surface area contributed by atoms with Crippen LogP contribution in [0.3, 0.4) is 0 Å². The van der Waals surface area contributed by atoms with E-state index in [0.29, 0.717) is 32.5 Å². The summed E-state index contributed by atoms with van der Waals surface area (Å²) in [6.07, 6.45) is 1.00. The van der Waals surface area contributed by atoms with Crippen LogP contribution in [-0.4, -0.2) is 51.9 Å². The van der Waals surface area contributed by atoms with Gasteiger partial charge in [0.25, 0.3) is 0 Å². The van der Waals surface area contributed by atoms with Gasteiger partial charge in [-0.15, -0.1) is 0 Å². The Kier molecular flexibility index (Phi) is 7.66. The van der Waals surface area contributed by atoms with Gasteiger partial charge >= 0.3 is 6.09 Å². The van der Waals surface area contributed by atoms with Gasteiger partial charge in [-0.1, -0.05) is 91.0 Å². The molecule has 1 aromatic heterocycles. The van der Waals surface area contributed by atoms with Gasteiger partial charge in [0.2, 0.25) is 5.91 Å². The monoisotopic (exact) mass is 724 g/mol. The van der Waals surface area contributed by atoms with Crippen molar-refractivity contribution >= 4 is 51.2 Å². The molecule has 2 amide bonds. The van der Waals surface area contributed by atoms with Gasteiger partial charge in [0.05, 0.1) is 10.9 Å². The fourth-order valence-corrected chi connectivity index (χ4v) is 7.85. The molecular formula is C38H37IN4O3. The molecule has 2 aliphatic heterocycles. The average molecular weight is 725 g/mol. The molecule has 7 rings (SSSR count). The Balaban J connectivity index is 1.30. The van der Waals surface area contributed by atoms with Crippen LogP contribution in [0.25, 0.3) is 10.9 Å². The number of anilines is 1. The largest absolute Gasteiger partial charge is 0.444 e. The van der Waals surface area contributed by atoms with Crippen LogP contribution in [0, 0.1) is 9.12 Å². The first-order valence-corrected chi connectivity index (χ1v) is 16.9. The molecule has 0 N–H and O–H groups in total. The predicted molar refractivity (Wildman–Crippen MR) is 189 cm³/mol. The van der Waals surface area contributed by atoms with Gasteiger partial charge in [0, 0.05) is 30.7 Å². The van der Waals surface area contributed by atoms with Crippen molar-refractivity contribution < 1.29 is 14.3 Å². The second-order valence-electron chi connectivity index (χ2n) is 13.4. The van der Waals surface area contributed by atoms with E-state index in [-0.39, 0.29) is 12.0 Å². The second-order valence-corrected chi connectivity index (χ2v) is 14.4. The van der Waals surface area contributed by atoms with Crippen LogP contribution in [0.4, 0.5) is 10.5 Å². The molecule has 0 aliphatic carbocycles. The molecule has 1 unspecified atom stereocenters. The zero-order valence-corrected chi connectivity index (χ0v) is 28.5. The van der Waals surface area contributed by atoms with Crippen LogP contribution in [0.1, 0.15) is 50.3 Å². The quantitative estimate of drug-likeness (QED) is 0.137. The highest BCUT2D eigenvalue weighted by Gasteiger charge is 2.52. The summed E-state index contributed by atoms with van der Waals surface area (Å²) < 4.78 is 8.62. The molecule has 4 aromatic carbocycles. The standard InChI is InChI=1S/C38H37IN4O3/c1-36(2,3)46-35(45)41-23-21-37(26-41)22-24-42(34(37)44)30-19-20-32-31(25-30)33(39)40-43(32)38(27-13-7-4-8-14-27,28-15-9-5-10-16-28)29-17-11-6-12-18-29/h4-20,25H,21-24,26H2,1-3H3. The number of amides is 2. The number of halogens is 1. The maximum Gasteiger partial charge on any atom is 0.410 e.